The van der Waals surface area contributed by atoms with Crippen LogP contribution in [-0.4, -0.2) is 25.3 Å². The average molecular weight is 277 g/mol. The maximum Gasteiger partial charge on any atom is 0.309 e. The SMILES string of the molecule is C[C@H]1C[C@H]1C(=O)OCC(=O)Nc1ccc2c(c1)OCO2. The van der Waals surface area contributed by atoms with Crippen molar-refractivity contribution in [3.8, 4) is 11.5 Å². The fourth-order valence-electron chi connectivity index (χ4n) is 2.07. The predicted molar refractivity (Wildman–Crippen MR) is 69.4 cm³/mol. The zero-order chi connectivity index (χ0) is 14.1. The fraction of sp³-hybridized carbons (Fsp3) is 0.429. The van der Waals surface area contributed by atoms with Gasteiger partial charge in [-0.05, 0) is 24.5 Å². The van der Waals surface area contributed by atoms with E-state index in [2.05, 4.69) is 5.32 Å². The third-order valence-electron chi connectivity index (χ3n) is 3.41. The molecule has 106 valence electrons. The Morgan fingerprint density at radius 1 is 1.35 bits per heavy atom. The van der Waals surface area contributed by atoms with E-state index in [1.54, 1.807) is 18.2 Å². The number of carbonyl (C=O) groups is 2. The summed E-state index contributed by atoms with van der Waals surface area (Å²) in [6, 6.07) is 5.09. The number of hydrogen-bond acceptors (Lipinski definition) is 5. The molecule has 0 saturated heterocycles. The Hall–Kier alpha value is -2.24. The van der Waals surface area contributed by atoms with Crippen LogP contribution in [0.1, 0.15) is 13.3 Å². The first-order chi connectivity index (χ1) is 9.63. The molecule has 1 saturated carbocycles. The summed E-state index contributed by atoms with van der Waals surface area (Å²) in [5.41, 5.74) is 0.579. The van der Waals surface area contributed by atoms with Crippen molar-refractivity contribution >= 4 is 17.6 Å². The van der Waals surface area contributed by atoms with E-state index in [0.717, 1.165) is 6.42 Å². The molecule has 0 spiro atoms. The molecule has 6 heteroatoms. The molecule has 2 atom stereocenters. The molecular formula is C14H15NO5. The first-order valence-corrected chi connectivity index (χ1v) is 6.49. The van der Waals surface area contributed by atoms with Crippen LogP contribution >= 0.6 is 0 Å². The zero-order valence-corrected chi connectivity index (χ0v) is 11.0. The normalized spacial score (nSPS) is 22.2. The van der Waals surface area contributed by atoms with Crippen LogP contribution in [0.15, 0.2) is 18.2 Å². The molecule has 0 bridgehead atoms. The molecule has 1 N–H and O–H groups in total. The lowest BCUT2D eigenvalue weighted by Crippen LogP contribution is -2.21. The van der Waals surface area contributed by atoms with Gasteiger partial charge in [-0.1, -0.05) is 6.92 Å². The van der Waals surface area contributed by atoms with E-state index in [4.69, 9.17) is 14.2 Å². The molecule has 2 aliphatic rings. The van der Waals surface area contributed by atoms with Crippen LogP contribution < -0.4 is 14.8 Å². The summed E-state index contributed by atoms with van der Waals surface area (Å²) in [5.74, 6) is 0.917. The third kappa shape index (κ3) is 2.68. The third-order valence-corrected chi connectivity index (χ3v) is 3.41. The number of rotatable bonds is 4. The van der Waals surface area contributed by atoms with Gasteiger partial charge in [0.2, 0.25) is 6.79 Å². The molecule has 20 heavy (non-hydrogen) atoms. The summed E-state index contributed by atoms with van der Waals surface area (Å²) in [4.78, 5) is 23.2. The summed E-state index contributed by atoms with van der Waals surface area (Å²) in [6.07, 6.45) is 0.850. The number of esters is 1. The minimum atomic E-state index is -0.370. The van der Waals surface area contributed by atoms with Gasteiger partial charge in [0, 0.05) is 11.8 Å². The van der Waals surface area contributed by atoms with Gasteiger partial charge < -0.3 is 19.5 Å². The first-order valence-electron chi connectivity index (χ1n) is 6.49. The molecule has 1 aliphatic heterocycles. The largest absolute Gasteiger partial charge is 0.455 e. The lowest BCUT2D eigenvalue weighted by atomic mass is 10.3. The van der Waals surface area contributed by atoms with Gasteiger partial charge in [-0.25, -0.2) is 0 Å². The smallest absolute Gasteiger partial charge is 0.309 e. The molecule has 1 aromatic rings. The molecule has 6 nitrogen and oxygen atoms in total. The topological polar surface area (TPSA) is 73.9 Å². The van der Waals surface area contributed by atoms with Crippen LogP contribution in [0.25, 0.3) is 0 Å². The molecule has 0 radical (unpaired) electrons. The maximum absolute atomic E-state index is 11.7. The second kappa shape index (κ2) is 5.03. The molecule has 1 heterocycles. The number of ether oxygens (including phenoxy) is 3. The summed E-state index contributed by atoms with van der Waals surface area (Å²) in [5, 5.41) is 2.65. The molecule has 0 unspecified atom stereocenters. The maximum atomic E-state index is 11.7. The van der Waals surface area contributed by atoms with Crippen molar-refractivity contribution in [2.24, 2.45) is 11.8 Å². The highest BCUT2D eigenvalue weighted by Gasteiger charge is 2.40. The van der Waals surface area contributed by atoms with Crippen molar-refractivity contribution in [1.29, 1.82) is 0 Å². The van der Waals surface area contributed by atoms with E-state index in [0.29, 0.717) is 23.1 Å². The molecule has 1 amide bonds. The van der Waals surface area contributed by atoms with Crippen molar-refractivity contribution in [1.82, 2.24) is 0 Å². The minimum Gasteiger partial charge on any atom is -0.455 e. The summed E-state index contributed by atoms with van der Waals surface area (Å²) in [7, 11) is 0. The van der Waals surface area contributed by atoms with Crippen molar-refractivity contribution in [2.75, 3.05) is 18.7 Å². The monoisotopic (exact) mass is 277 g/mol. The van der Waals surface area contributed by atoms with Crippen LogP contribution in [0.4, 0.5) is 5.69 Å². The molecule has 1 fully saturated rings. The predicted octanol–water partition coefficient (Wildman–Crippen LogP) is 1.55. The summed E-state index contributed by atoms with van der Waals surface area (Å²) >= 11 is 0. The number of carbonyl (C=O) groups excluding carboxylic acids is 2. The number of amides is 1. The highest BCUT2D eigenvalue weighted by Crippen LogP contribution is 2.38. The lowest BCUT2D eigenvalue weighted by Gasteiger charge is -2.07. The van der Waals surface area contributed by atoms with Gasteiger partial charge in [-0.3, -0.25) is 9.59 Å². The average Bonchev–Trinajstić information content (AvgIpc) is 2.98. The van der Waals surface area contributed by atoms with Crippen LogP contribution in [0, 0.1) is 11.8 Å². The number of fused-ring (bicyclic) bond motifs is 1. The van der Waals surface area contributed by atoms with Crippen LogP contribution in [0.2, 0.25) is 0 Å². The van der Waals surface area contributed by atoms with Crippen molar-refractivity contribution in [3.05, 3.63) is 18.2 Å². The standard InChI is InChI=1S/C14H15NO5/c1-8-4-10(8)14(17)18-6-13(16)15-9-2-3-11-12(5-9)20-7-19-11/h2-3,5,8,10H,4,6-7H2,1H3,(H,15,16)/t8-,10+/m0/s1. The van der Waals surface area contributed by atoms with Gasteiger partial charge in [0.1, 0.15) is 0 Å². The zero-order valence-electron chi connectivity index (χ0n) is 11.0. The van der Waals surface area contributed by atoms with Gasteiger partial charge in [-0.2, -0.15) is 0 Å². The highest BCUT2D eigenvalue weighted by atomic mass is 16.7. The fourth-order valence-corrected chi connectivity index (χ4v) is 2.07. The van der Waals surface area contributed by atoms with E-state index >= 15 is 0 Å². The Bertz CT molecular complexity index is 556. The molecular weight excluding hydrogens is 262 g/mol. The first kappa shape index (κ1) is 12.8. The Kier molecular flexibility index (Phi) is 3.22. The van der Waals surface area contributed by atoms with Gasteiger partial charge in [0.15, 0.2) is 18.1 Å². The van der Waals surface area contributed by atoms with Crippen LogP contribution in [-0.2, 0) is 14.3 Å². The quantitative estimate of drug-likeness (QED) is 0.845. The van der Waals surface area contributed by atoms with Gasteiger partial charge in [0.05, 0.1) is 5.92 Å². The Labute approximate surface area is 116 Å². The van der Waals surface area contributed by atoms with Crippen LogP contribution in [0.3, 0.4) is 0 Å². The van der Waals surface area contributed by atoms with Gasteiger partial charge >= 0.3 is 5.97 Å². The Morgan fingerprint density at radius 3 is 2.85 bits per heavy atom. The van der Waals surface area contributed by atoms with Crippen molar-refractivity contribution < 1.29 is 23.8 Å². The summed E-state index contributed by atoms with van der Waals surface area (Å²) in [6.45, 7) is 1.90. The molecule has 0 aromatic heterocycles. The number of nitrogens with one attached hydrogen (secondary N) is 1. The number of anilines is 1. The molecule has 1 aromatic carbocycles. The number of hydrogen-bond donors (Lipinski definition) is 1. The second-order valence-electron chi connectivity index (χ2n) is 5.04. The second-order valence-corrected chi connectivity index (χ2v) is 5.04. The van der Waals surface area contributed by atoms with Gasteiger partial charge in [-0.15, -0.1) is 0 Å². The van der Waals surface area contributed by atoms with Crippen molar-refractivity contribution in [2.45, 2.75) is 13.3 Å². The van der Waals surface area contributed by atoms with E-state index < -0.39 is 0 Å². The molecule has 1 aliphatic carbocycles. The minimum absolute atomic E-state index is 0.0339. The Morgan fingerprint density at radius 2 is 2.10 bits per heavy atom. The summed E-state index contributed by atoms with van der Waals surface area (Å²) < 4.78 is 15.3. The van der Waals surface area contributed by atoms with Crippen LogP contribution in [0.5, 0.6) is 11.5 Å². The lowest BCUT2D eigenvalue weighted by molar-refractivity contribution is -0.148. The number of benzene rings is 1. The van der Waals surface area contributed by atoms with E-state index in [1.807, 2.05) is 6.92 Å². The van der Waals surface area contributed by atoms with E-state index in [1.165, 1.54) is 0 Å². The van der Waals surface area contributed by atoms with Crippen molar-refractivity contribution in [3.63, 3.8) is 0 Å². The molecule has 3 rings (SSSR count). The van der Waals surface area contributed by atoms with E-state index in [9.17, 15) is 9.59 Å². The van der Waals surface area contributed by atoms with E-state index in [-0.39, 0.29) is 31.2 Å². The Balaban J connectivity index is 1.50. The van der Waals surface area contributed by atoms with Gasteiger partial charge in [0.25, 0.3) is 5.91 Å². The highest BCUT2D eigenvalue weighted by molar-refractivity contribution is 5.93.